The van der Waals surface area contributed by atoms with E-state index in [9.17, 15) is 29.4 Å². The summed E-state index contributed by atoms with van der Waals surface area (Å²) in [5.74, 6) is -4.23. The van der Waals surface area contributed by atoms with Crippen LogP contribution < -0.4 is 0 Å². The summed E-state index contributed by atoms with van der Waals surface area (Å²) in [4.78, 5) is 43.1. The molecule has 0 aliphatic rings. The van der Waals surface area contributed by atoms with Gasteiger partial charge in [0.25, 0.3) is 0 Å². The first kappa shape index (κ1) is 21.8. The maximum Gasteiger partial charge on any atom is 0.339 e. The van der Waals surface area contributed by atoms with Crippen molar-refractivity contribution in [2.45, 2.75) is 13.8 Å². The van der Waals surface area contributed by atoms with Crippen molar-refractivity contribution >= 4 is 39.4 Å². The van der Waals surface area contributed by atoms with E-state index in [2.05, 4.69) is 15.9 Å². The SMILES string of the molecule is CC(=O)c1cc(Br)cc(C(=O)O)c1O.CC(=O)c1cccc(C(=O)O)c1O. The quantitative estimate of drug-likeness (QED) is 0.530. The zero-order valence-corrected chi connectivity index (χ0v) is 15.8. The van der Waals surface area contributed by atoms with Crippen molar-refractivity contribution in [3.63, 3.8) is 0 Å². The van der Waals surface area contributed by atoms with Gasteiger partial charge in [0, 0.05) is 4.47 Å². The molecule has 0 aromatic heterocycles. The van der Waals surface area contributed by atoms with Crippen molar-refractivity contribution in [1.82, 2.24) is 0 Å². The lowest BCUT2D eigenvalue weighted by Crippen LogP contribution is -2.02. The highest BCUT2D eigenvalue weighted by molar-refractivity contribution is 9.10. The van der Waals surface area contributed by atoms with Crippen LogP contribution in [0.1, 0.15) is 55.3 Å². The zero-order valence-electron chi connectivity index (χ0n) is 14.2. The number of carboxylic acid groups (broad SMARTS) is 2. The average molecular weight is 439 g/mol. The monoisotopic (exact) mass is 438 g/mol. The summed E-state index contributed by atoms with van der Waals surface area (Å²) in [6.07, 6.45) is 0. The van der Waals surface area contributed by atoms with Gasteiger partial charge in [-0.3, -0.25) is 9.59 Å². The minimum Gasteiger partial charge on any atom is -0.506 e. The van der Waals surface area contributed by atoms with Crippen molar-refractivity contribution in [1.29, 1.82) is 0 Å². The summed E-state index contributed by atoms with van der Waals surface area (Å²) in [6.45, 7) is 2.52. The van der Waals surface area contributed by atoms with Crippen LogP contribution in [-0.2, 0) is 0 Å². The molecule has 2 aromatic carbocycles. The topological polar surface area (TPSA) is 149 Å². The number of hydrogen-bond donors (Lipinski definition) is 4. The number of Topliss-reactive ketones (excluding diaryl/α,β-unsaturated/α-hetero) is 2. The van der Waals surface area contributed by atoms with Gasteiger partial charge in [0.15, 0.2) is 11.6 Å². The second-order valence-corrected chi connectivity index (χ2v) is 6.19. The maximum absolute atomic E-state index is 11.0. The van der Waals surface area contributed by atoms with Crippen LogP contribution in [0.15, 0.2) is 34.8 Å². The Morgan fingerprint density at radius 3 is 1.59 bits per heavy atom. The number of hydrogen-bond acceptors (Lipinski definition) is 6. The Hall–Kier alpha value is -3.20. The van der Waals surface area contributed by atoms with Gasteiger partial charge in [-0.1, -0.05) is 22.0 Å². The molecular weight excluding hydrogens is 424 g/mol. The van der Waals surface area contributed by atoms with Crippen LogP contribution in [0.2, 0.25) is 0 Å². The van der Waals surface area contributed by atoms with Gasteiger partial charge >= 0.3 is 11.9 Å². The van der Waals surface area contributed by atoms with E-state index in [1.165, 1.54) is 44.2 Å². The molecule has 0 fully saturated rings. The molecule has 0 radical (unpaired) electrons. The summed E-state index contributed by atoms with van der Waals surface area (Å²) < 4.78 is 0.443. The zero-order chi connectivity index (χ0) is 20.9. The van der Waals surface area contributed by atoms with Crippen LogP contribution in [-0.4, -0.2) is 43.9 Å². The molecule has 0 saturated heterocycles. The fourth-order valence-corrected chi connectivity index (χ4v) is 2.49. The highest BCUT2D eigenvalue weighted by Gasteiger charge is 2.17. The summed E-state index contributed by atoms with van der Waals surface area (Å²) in [5.41, 5.74) is -0.519. The number of halogens is 1. The van der Waals surface area contributed by atoms with Gasteiger partial charge in [0.05, 0.1) is 11.1 Å². The predicted octanol–water partition coefficient (Wildman–Crippen LogP) is 3.35. The van der Waals surface area contributed by atoms with E-state index in [4.69, 9.17) is 10.2 Å². The number of para-hydroxylation sites is 1. The van der Waals surface area contributed by atoms with Gasteiger partial charge in [-0.2, -0.15) is 0 Å². The highest BCUT2D eigenvalue weighted by Crippen LogP contribution is 2.27. The van der Waals surface area contributed by atoms with Crippen molar-refractivity contribution in [3.8, 4) is 11.5 Å². The first-order chi connectivity index (χ1) is 12.5. The summed E-state index contributed by atoms with van der Waals surface area (Å²) in [6, 6.07) is 6.66. The van der Waals surface area contributed by atoms with Crippen LogP contribution >= 0.6 is 15.9 Å². The standard InChI is InChI=1S/C9H7BrO4.C9H8O4/c1-4(11)6-2-5(10)3-7(8(6)12)9(13)14;1-5(10)6-3-2-4-7(8(6)11)9(12)13/h2-3,12H,1H3,(H,13,14);2-4,11H,1H3,(H,12,13). The van der Waals surface area contributed by atoms with Crippen LogP contribution in [0.4, 0.5) is 0 Å². The molecule has 0 saturated carbocycles. The smallest absolute Gasteiger partial charge is 0.339 e. The Kier molecular flexibility index (Phi) is 7.24. The Bertz CT molecular complexity index is 866. The first-order valence-corrected chi connectivity index (χ1v) is 8.09. The third-order valence-corrected chi connectivity index (χ3v) is 3.79. The van der Waals surface area contributed by atoms with Crippen molar-refractivity contribution in [2.75, 3.05) is 0 Å². The Morgan fingerprint density at radius 1 is 0.741 bits per heavy atom. The largest absolute Gasteiger partial charge is 0.506 e. The minimum atomic E-state index is -1.27. The van der Waals surface area contributed by atoms with Gasteiger partial charge < -0.3 is 20.4 Å². The van der Waals surface area contributed by atoms with Crippen LogP contribution in [0, 0.1) is 0 Å². The second-order valence-electron chi connectivity index (χ2n) is 5.27. The van der Waals surface area contributed by atoms with E-state index < -0.39 is 23.4 Å². The molecule has 0 heterocycles. The van der Waals surface area contributed by atoms with Gasteiger partial charge in [-0.05, 0) is 38.1 Å². The number of aromatic hydroxyl groups is 2. The molecule has 0 amide bonds. The third kappa shape index (κ3) is 5.38. The third-order valence-electron chi connectivity index (χ3n) is 3.33. The van der Waals surface area contributed by atoms with Gasteiger partial charge in [0.1, 0.15) is 22.6 Å². The lowest BCUT2D eigenvalue weighted by Gasteiger charge is -2.05. The van der Waals surface area contributed by atoms with E-state index in [0.717, 1.165) is 0 Å². The normalized spacial score (nSPS) is 9.74. The van der Waals surface area contributed by atoms with Crippen LogP contribution in [0.3, 0.4) is 0 Å². The molecule has 0 unspecified atom stereocenters. The molecule has 0 aliphatic heterocycles. The summed E-state index contributed by atoms with van der Waals surface area (Å²) >= 11 is 3.06. The minimum absolute atomic E-state index is 0.00299. The molecule has 4 N–H and O–H groups in total. The molecule has 8 nitrogen and oxygen atoms in total. The second kappa shape index (κ2) is 8.95. The van der Waals surface area contributed by atoms with Crippen molar-refractivity contribution < 1.29 is 39.6 Å². The Balaban J connectivity index is 0.000000271. The molecule has 9 heteroatoms. The first-order valence-electron chi connectivity index (χ1n) is 7.30. The van der Waals surface area contributed by atoms with E-state index in [1.54, 1.807) is 0 Å². The lowest BCUT2D eigenvalue weighted by molar-refractivity contribution is 0.0682. The molecule has 0 atom stereocenters. The van der Waals surface area contributed by atoms with E-state index in [0.29, 0.717) is 4.47 Å². The number of carbonyl (C=O) groups is 4. The fraction of sp³-hybridized carbons (Fsp3) is 0.111. The predicted molar refractivity (Wildman–Crippen MR) is 97.8 cm³/mol. The number of carbonyl (C=O) groups excluding carboxylic acids is 2. The molecular formula is C18H15BrO8. The molecule has 142 valence electrons. The van der Waals surface area contributed by atoms with E-state index >= 15 is 0 Å². The highest BCUT2D eigenvalue weighted by atomic mass is 79.9. The van der Waals surface area contributed by atoms with Gasteiger partial charge in [0.2, 0.25) is 0 Å². The number of rotatable bonds is 4. The summed E-state index contributed by atoms with van der Waals surface area (Å²) in [7, 11) is 0. The van der Waals surface area contributed by atoms with E-state index in [1.807, 2.05) is 0 Å². The number of phenols is 2. The molecule has 27 heavy (non-hydrogen) atoms. The average Bonchev–Trinajstić information content (AvgIpc) is 2.56. The van der Waals surface area contributed by atoms with Crippen LogP contribution in [0.5, 0.6) is 11.5 Å². The number of benzene rings is 2. The summed E-state index contributed by atoms with van der Waals surface area (Å²) in [5, 5.41) is 36.1. The molecule has 2 rings (SSSR count). The molecule has 0 aliphatic carbocycles. The fourth-order valence-electron chi connectivity index (χ4n) is 2.03. The van der Waals surface area contributed by atoms with Crippen LogP contribution in [0.25, 0.3) is 0 Å². The molecule has 0 bridgehead atoms. The molecule has 2 aromatic rings. The molecule has 0 spiro atoms. The number of carboxylic acids is 2. The van der Waals surface area contributed by atoms with E-state index in [-0.39, 0.29) is 33.8 Å². The van der Waals surface area contributed by atoms with Crippen molar-refractivity contribution in [3.05, 3.63) is 57.1 Å². The maximum atomic E-state index is 11.0. The van der Waals surface area contributed by atoms with Gasteiger partial charge in [-0.15, -0.1) is 0 Å². The van der Waals surface area contributed by atoms with Gasteiger partial charge in [-0.25, -0.2) is 9.59 Å². The number of aromatic carboxylic acids is 2. The number of ketones is 2. The van der Waals surface area contributed by atoms with Crippen molar-refractivity contribution in [2.24, 2.45) is 0 Å². The lowest BCUT2D eigenvalue weighted by atomic mass is 10.1. The Morgan fingerprint density at radius 2 is 1.15 bits per heavy atom. The Labute approximate surface area is 161 Å².